The van der Waals surface area contributed by atoms with E-state index in [1.165, 1.54) is 0 Å². The maximum Gasteiger partial charge on any atom is 0.153 e. The molecule has 0 aliphatic carbocycles. The van der Waals surface area contributed by atoms with E-state index in [0.717, 1.165) is 27.8 Å². The van der Waals surface area contributed by atoms with Crippen LogP contribution in [-0.2, 0) is 0 Å². The molecule has 0 fully saturated rings. The fraction of sp³-hybridized carbons (Fsp3) is 0.143. The van der Waals surface area contributed by atoms with Crippen LogP contribution < -0.4 is 21.5 Å². The summed E-state index contributed by atoms with van der Waals surface area (Å²) in [6, 6.07) is 19.3. The van der Waals surface area contributed by atoms with E-state index in [-0.39, 0.29) is 0 Å². The van der Waals surface area contributed by atoms with Crippen LogP contribution in [0.5, 0.6) is 28.7 Å². The Morgan fingerprint density at radius 2 is 0.919 bits per heavy atom. The van der Waals surface area contributed by atoms with Crippen molar-refractivity contribution in [3.63, 3.8) is 0 Å². The van der Waals surface area contributed by atoms with E-state index in [4.69, 9.17) is 21.5 Å². The second-order valence-electron chi connectivity index (χ2n) is 8.57. The molecule has 0 unspecified atom stereocenters. The fourth-order valence-corrected chi connectivity index (χ4v) is 5.01. The Morgan fingerprint density at radius 1 is 0.459 bits per heavy atom. The van der Waals surface area contributed by atoms with Crippen molar-refractivity contribution >= 4 is 51.6 Å². The molecule has 0 saturated heterocycles. The molecule has 9 heteroatoms. The highest BCUT2D eigenvalue weighted by Gasteiger charge is 2.28. The van der Waals surface area contributed by atoms with Crippen molar-refractivity contribution in [2.45, 2.75) is 20.8 Å². The number of hydrogen-bond donors (Lipinski definition) is 4. The first-order valence-corrected chi connectivity index (χ1v) is 12.7. The molecule has 0 radical (unpaired) electrons. The number of thiol groups is 4. The summed E-state index contributed by atoms with van der Waals surface area (Å²) in [5.41, 5.74) is 7.23. The summed E-state index contributed by atoms with van der Waals surface area (Å²) in [6.45, 7) is 5.94. The lowest BCUT2D eigenvalue weighted by Gasteiger charge is -2.23. The average molecular weight is 571 g/mol. The van der Waals surface area contributed by atoms with Crippen molar-refractivity contribution in [1.82, 2.24) is 0 Å². The molecule has 0 aliphatic heterocycles. The van der Waals surface area contributed by atoms with Crippen LogP contribution in [-0.4, -0.2) is 7.11 Å². The van der Waals surface area contributed by atoms with Gasteiger partial charge in [0.1, 0.15) is 23.0 Å². The standard InChI is InChI=1S/C28H26O5S4/c1-15-6-9-19(22(11-15)29-4)26-25(32-36)14-21(18-8-5-16(2)12-23(18)30-34)28(33-37)27(26)20-10-7-17(3)13-24(20)31-35/h5-14,34-37H,1-4H3. The van der Waals surface area contributed by atoms with Crippen molar-refractivity contribution in [3.8, 4) is 62.1 Å². The van der Waals surface area contributed by atoms with Gasteiger partial charge in [0.2, 0.25) is 0 Å². The fourth-order valence-electron chi connectivity index (χ4n) is 4.38. The lowest BCUT2D eigenvalue weighted by atomic mass is 9.87. The van der Waals surface area contributed by atoms with Crippen LogP contribution >= 0.6 is 51.6 Å². The Morgan fingerprint density at radius 3 is 1.41 bits per heavy atom. The predicted molar refractivity (Wildman–Crippen MR) is 162 cm³/mol. The number of benzene rings is 4. The first kappa shape index (κ1) is 27.3. The van der Waals surface area contributed by atoms with E-state index in [2.05, 4.69) is 51.6 Å². The van der Waals surface area contributed by atoms with Gasteiger partial charge in [-0.25, -0.2) is 0 Å². The van der Waals surface area contributed by atoms with Gasteiger partial charge >= 0.3 is 0 Å². The first-order chi connectivity index (χ1) is 17.9. The van der Waals surface area contributed by atoms with Crippen LogP contribution in [0.25, 0.3) is 33.4 Å². The summed E-state index contributed by atoms with van der Waals surface area (Å²) < 4.78 is 28.2. The monoisotopic (exact) mass is 570 g/mol. The molecule has 5 nitrogen and oxygen atoms in total. The predicted octanol–water partition coefficient (Wildman–Crippen LogP) is 8.52. The molecule has 0 bridgehead atoms. The summed E-state index contributed by atoms with van der Waals surface area (Å²) >= 11 is 16.8. The van der Waals surface area contributed by atoms with Gasteiger partial charge in [0.25, 0.3) is 0 Å². The Kier molecular flexibility index (Phi) is 8.69. The van der Waals surface area contributed by atoms with E-state index in [0.29, 0.717) is 51.0 Å². The number of methoxy groups -OCH3 is 1. The van der Waals surface area contributed by atoms with Crippen LogP contribution in [0.1, 0.15) is 16.7 Å². The molecule has 4 aromatic carbocycles. The molecule has 0 amide bonds. The van der Waals surface area contributed by atoms with Crippen molar-refractivity contribution in [2.75, 3.05) is 7.11 Å². The van der Waals surface area contributed by atoms with Crippen LogP contribution in [0.2, 0.25) is 0 Å². The highest BCUT2D eigenvalue weighted by molar-refractivity contribution is 7.76. The van der Waals surface area contributed by atoms with Crippen LogP contribution in [0.15, 0.2) is 60.7 Å². The second kappa shape index (κ2) is 11.8. The summed E-state index contributed by atoms with van der Waals surface area (Å²) in [5.74, 6) is 2.63. The first-order valence-electron chi connectivity index (χ1n) is 11.2. The Labute approximate surface area is 239 Å². The second-order valence-corrected chi connectivity index (χ2v) is 9.30. The highest BCUT2D eigenvalue weighted by atomic mass is 32.1. The maximum absolute atomic E-state index is 5.82. The quantitative estimate of drug-likeness (QED) is 0.126. The highest BCUT2D eigenvalue weighted by Crippen LogP contribution is 2.55. The van der Waals surface area contributed by atoms with E-state index in [1.807, 2.05) is 81.4 Å². The topological polar surface area (TPSA) is 46.2 Å². The summed E-state index contributed by atoms with van der Waals surface area (Å²) in [4.78, 5) is 0. The third-order valence-electron chi connectivity index (χ3n) is 6.09. The number of rotatable bonds is 8. The van der Waals surface area contributed by atoms with Gasteiger partial charge in [-0.05, 0) is 61.7 Å². The zero-order valence-corrected chi connectivity index (χ0v) is 24.2. The lowest BCUT2D eigenvalue weighted by Crippen LogP contribution is -1.99. The van der Waals surface area contributed by atoms with Crippen molar-refractivity contribution in [3.05, 3.63) is 77.4 Å². The third-order valence-corrected chi connectivity index (χ3v) is 6.86. The molecule has 0 aromatic heterocycles. The molecule has 4 rings (SSSR count). The minimum Gasteiger partial charge on any atom is -0.496 e. The molecule has 37 heavy (non-hydrogen) atoms. The third kappa shape index (κ3) is 5.31. The maximum atomic E-state index is 5.82. The average Bonchev–Trinajstić information content (AvgIpc) is 2.91. The van der Waals surface area contributed by atoms with Gasteiger partial charge in [0.05, 0.1) is 7.11 Å². The molecule has 0 atom stereocenters. The SMILES string of the molecule is COc1cc(C)ccc1-c1c(OS)cc(-c2ccc(C)cc2OS)c(OS)c1-c1ccc(C)cc1OS. The summed E-state index contributed by atoms with van der Waals surface area (Å²) in [6.07, 6.45) is 0. The van der Waals surface area contributed by atoms with Crippen LogP contribution in [0.4, 0.5) is 0 Å². The van der Waals surface area contributed by atoms with E-state index in [1.54, 1.807) is 7.11 Å². The van der Waals surface area contributed by atoms with Crippen molar-refractivity contribution < 1.29 is 21.5 Å². The number of hydrogen-bond acceptors (Lipinski definition) is 9. The largest absolute Gasteiger partial charge is 0.496 e. The van der Waals surface area contributed by atoms with Crippen LogP contribution in [0.3, 0.4) is 0 Å². The molecule has 192 valence electrons. The van der Waals surface area contributed by atoms with Gasteiger partial charge in [-0.3, -0.25) is 0 Å². The zero-order valence-electron chi connectivity index (χ0n) is 20.6. The molecular weight excluding hydrogens is 545 g/mol. The zero-order chi connectivity index (χ0) is 26.7. The smallest absolute Gasteiger partial charge is 0.153 e. The Bertz CT molecular complexity index is 1460. The molecule has 0 aliphatic rings. The number of ether oxygens (including phenoxy) is 1. The minimum absolute atomic E-state index is 0.445. The molecular formula is C28H26O5S4. The van der Waals surface area contributed by atoms with E-state index >= 15 is 0 Å². The summed E-state index contributed by atoms with van der Waals surface area (Å²) in [5, 5.41) is 0. The van der Waals surface area contributed by atoms with Gasteiger partial charge in [-0.1, -0.05) is 36.4 Å². The summed E-state index contributed by atoms with van der Waals surface area (Å²) in [7, 11) is 1.63. The minimum atomic E-state index is 0.445. The molecule has 0 N–H and O–H groups in total. The van der Waals surface area contributed by atoms with Crippen LogP contribution in [0, 0.1) is 20.8 Å². The van der Waals surface area contributed by atoms with Crippen molar-refractivity contribution in [2.24, 2.45) is 0 Å². The molecule has 0 saturated carbocycles. The Hall–Kier alpha value is -2.72. The Balaban J connectivity index is 2.22. The van der Waals surface area contributed by atoms with Gasteiger partial charge in [-0.15, -0.1) is 0 Å². The van der Waals surface area contributed by atoms with Gasteiger partial charge in [-0.2, -0.15) is 0 Å². The molecule has 4 aromatic rings. The molecule has 0 spiro atoms. The molecule has 0 heterocycles. The lowest BCUT2D eigenvalue weighted by molar-refractivity contribution is 0.416. The van der Waals surface area contributed by atoms with Gasteiger partial charge in [0.15, 0.2) is 5.75 Å². The van der Waals surface area contributed by atoms with Crippen molar-refractivity contribution in [1.29, 1.82) is 0 Å². The van der Waals surface area contributed by atoms with Gasteiger partial charge in [0, 0.05) is 85.0 Å². The van der Waals surface area contributed by atoms with E-state index < -0.39 is 0 Å². The normalized spacial score (nSPS) is 10.7. The van der Waals surface area contributed by atoms with Gasteiger partial charge < -0.3 is 21.5 Å². The van der Waals surface area contributed by atoms with E-state index in [9.17, 15) is 0 Å². The number of aryl methyl sites for hydroxylation is 3.